The molecule has 1 heterocycles. The molecule has 3 rings (SSSR count). The van der Waals surface area contributed by atoms with Gasteiger partial charge in [-0.1, -0.05) is 67.6 Å². The Morgan fingerprint density at radius 3 is 2.47 bits per heavy atom. The highest BCUT2D eigenvalue weighted by molar-refractivity contribution is 7.99. The molecule has 0 aliphatic carbocycles. The molecule has 0 aliphatic rings. The maximum absolute atomic E-state index is 12.7. The largest absolute Gasteiger partial charge is 0.459 e. The summed E-state index contributed by atoms with van der Waals surface area (Å²) in [5, 5.41) is 0.766. The van der Waals surface area contributed by atoms with Crippen LogP contribution >= 0.6 is 11.8 Å². The Morgan fingerprint density at radius 2 is 1.75 bits per heavy atom. The number of carbonyl (C=O) groups is 2. The van der Waals surface area contributed by atoms with Crippen LogP contribution in [-0.2, 0) is 27.4 Å². The molecule has 1 amide bonds. The van der Waals surface area contributed by atoms with Crippen LogP contribution in [-0.4, -0.2) is 51.0 Å². The van der Waals surface area contributed by atoms with E-state index in [0.29, 0.717) is 19.7 Å². The van der Waals surface area contributed by atoms with E-state index in [1.54, 1.807) is 16.7 Å². The Bertz CT molecular complexity index is 1120. The molecule has 0 bridgehead atoms. The van der Waals surface area contributed by atoms with Crippen molar-refractivity contribution in [1.82, 2.24) is 14.5 Å². The zero-order valence-corrected chi connectivity index (χ0v) is 22.6. The van der Waals surface area contributed by atoms with E-state index in [-0.39, 0.29) is 18.6 Å². The topological polar surface area (TPSA) is 73.7 Å². The van der Waals surface area contributed by atoms with Gasteiger partial charge in [0.25, 0.3) is 0 Å². The molecule has 0 aliphatic heterocycles. The monoisotopic (exact) mass is 511 g/mol. The van der Waals surface area contributed by atoms with Crippen molar-refractivity contribution >= 4 is 34.9 Å². The molecule has 36 heavy (non-hydrogen) atoms. The van der Waals surface area contributed by atoms with Crippen molar-refractivity contribution in [1.29, 1.82) is 0 Å². The van der Waals surface area contributed by atoms with E-state index in [0.717, 1.165) is 46.8 Å². The number of esters is 1. The highest BCUT2D eigenvalue weighted by atomic mass is 32.2. The van der Waals surface area contributed by atoms with Gasteiger partial charge in [0.05, 0.1) is 17.6 Å². The number of fused-ring (bicyclic) bond motifs is 1. The van der Waals surface area contributed by atoms with Crippen molar-refractivity contribution in [2.45, 2.75) is 70.8 Å². The van der Waals surface area contributed by atoms with Gasteiger partial charge in [0.1, 0.15) is 12.1 Å². The van der Waals surface area contributed by atoms with Crippen molar-refractivity contribution < 1.29 is 19.1 Å². The first-order valence-electron chi connectivity index (χ1n) is 12.5. The Morgan fingerprint density at radius 1 is 1.03 bits per heavy atom. The minimum Gasteiger partial charge on any atom is -0.459 e. The minimum absolute atomic E-state index is 0.101. The summed E-state index contributed by atoms with van der Waals surface area (Å²) in [5.74, 6) is 0.446. The van der Waals surface area contributed by atoms with Crippen molar-refractivity contribution in [3.8, 4) is 0 Å². The molecule has 0 spiro atoms. The highest BCUT2D eigenvalue weighted by Crippen LogP contribution is 2.25. The number of rotatable bonds is 12. The first-order valence-corrected chi connectivity index (χ1v) is 13.5. The number of para-hydroxylation sites is 2. The summed E-state index contributed by atoms with van der Waals surface area (Å²) >= 11 is 1.58. The van der Waals surface area contributed by atoms with Gasteiger partial charge < -0.3 is 18.9 Å². The van der Waals surface area contributed by atoms with E-state index in [4.69, 9.17) is 14.5 Å². The lowest BCUT2D eigenvalue weighted by atomic mass is 10.2. The van der Waals surface area contributed by atoms with Gasteiger partial charge in [-0.2, -0.15) is 0 Å². The predicted molar refractivity (Wildman–Crippen MR) is 144 cm³/mol. The third-order valence-electron chi connectivity index (χ3n) is 5.33. The number of carbonyl (C=O) groups excluding carboxylic acids is 2. The lowest BCUT2D eigenvalue weighted by Gasteiger charge is -2.22. The molecule has 0 unspecified atom stereocenters. The average molecular weight is 512 g/mol. The molecule has 0 saturated heterocycles. The summed E-state index contributed by atoms with van der Waals surface area (Å²) in [4.78, 5) is 31.8. The summed E-state index contributed by atoms with van der Waals surface area (Å²) in [6, 6.07) is 17.7. The zero-order valence-electron chi connectivity index (χ0n) is 21.7. The van der Waals surface area contributed by atoms with Gasteiger partial charge in [-0.05, 0) is 51.3 Å². The second kappa shape index (κ2) is 13.3. The van der Waals surface area contributed by atoms with E-state index < -0.39 is 5.60 Å². The van der Waals surface area contributed by atoms with Crippen LogP contribution < -0.4 is 0 Å². The van der Waals surface area contributed by atoms with Gasteiger partial charge in [-0.25, -0.2) is 9.78 Å². The van der Waals surface area contributed by atoms with Crippen LogP contribution in [0.3, 0.4) is 0 Å². The maximum atomic E-state index is 12.7. The van der Waals surface area contributed by atoms with Gasteiger partial charge in [0.15, 0.2) is 5.16 Å². The quantitative estimate of drug-likeness (QED) is 0.161. The number of hydrogen-bond donors (Lipinski definition) is 0. The molecule has 194 valence electrons. The number of unbranched alkanes of at least 4 members (excludes halogenated alkanes) is 1. The summed E-state index contributed by atoms with van der Waals surface area (Å²) in [6.07, 6.45) is 2.31. The molecular weight excluding hydrogens is 474 g/mol. The third-order valence-corrected chi connectivity index (χ3v) is 6.39. The van der Waals surface area contributed by atoms with E-state index in [1.807, 2.05) is 79.9 Å². The minimum atomic E-state index is -0.547. The zero-order chi connectivity index (χ0) is 26.0. The van der Waals surface area contributed by atoms with Crippen LogP contribution in [0.25, 0.3) is 11.0 Å². The van der Waals surface area contributed by atoms with Gasteiger partial charge in [-0.3, -0.25) is 4.79 Å². The second-order valence-corrected chi connectivity index (χ2v) is 10.7. The standard InChI is InChI=1S/C28H37N3O4S/c1-5-6-18-34-27(33)30(20-22-13-8-7-9-14-22)17-12-19-36-26-29-23-15-10-11-16-24(23)31(26)21-25(32)35-28(2,3)4/h7-11,13-16H,5-6,12,17-21H2,1-4H3. The van der Waals surface area contributed by atoms with Crippen molar-refractivity contribution in [2.75, 3.05) is 18.9 Å². The van der Waals surface area contributed by atoms with Gasteiger partial charge in [-0.15, -0.1) is 0 Å². The Balaban J connectivity index is 1.64. The van der Waals surface area contributed by atoms with Crippen LogP contribution in [0, 0.1) is 0 Å². The van der Waals surface area contributed by atoms with Crippen LogP contribution in [0.1, 0.15) is 52.5 Å². The van der Waals surface area contributed by atoms with Crippen molar-refractivity contribution in [3.63, 3.8) is 0 Å². The van der Waals surface area contributed by atoms with Crippen LogP contribution in [0.5, 0.6) is 0 Å². The first-order chi connectivity index (χ1) is 17.3. The number of imidazole rings is 1. The second-order valence-electron chi connectivity index (χ2n) is 9.63. The average Bonchev–Trinajstić information content (AvgIpc) is 3.17. The maximum Gasteiger partial charge on any atom is 0.410 e. The lowest BCUT2D eigenvalue weighted by molar-refractivity contribution is -0.155. The Kier molecular flexibility index (Phi) is 10.2. The van der Waals surface area contributed by atoms with Gasteiger partial charge >= 0.3 is 12.1 Å². The van der Waals surface area contributed by atoms with E-state index >= 15 is 0 Å². The molecule has 0 saturated carbocycles. The summed E-state index contributed by atoms with van der Waals surface area (Å²) in [5.41, 5.74) is 2.26. The van der Waals surface area contributed by atoms with E-state index in [1.165, 1.54) is 0 Å². The van der Waals surface area contributed by atoms with Gasteiger partial charge in [0.2, 0.25) is 0 Å². The molecule has 8 heteroatoms. The molecule has 3 aromatic rings. The van der Waals surface area contributed by atoms with E-state index in [9.17, 15) is 9.59 Å². The number of aromatic nitrogens is 2. The van der Waals surface area contributed by atoms with Crippen molar-refractivity contribution in [3.05, 3.63) is 60.2 Å². The predicted octanol–water partition coefficient (Wildman–Crippen LogP) is 6.30. The highest BCUT2D eigenvalue weighted by Gasteiger charge is 2.20. The first kappa shape index (κ1) is 27.6. The lowest BCUT2D eigenvalue weighted by Crippen LogP contribution is -2.32. The van der Waals surface area contributed by atoms with Crippen LogP contribution in [0.4, 0.5) is 4.79 Å². The van der Waals surface area contributed by atoms with Crippen LogP contribution in [0.15, 0.2) is 59.8 Å². The number of thioether (sulfide) groups is 1. The SMILES string of the molecule is CCCCOC(=O)N(CCCSc1nc2ccccc2n1CC(=O)OC(C)(C)C)Cc1ccccc1. The number of hydrogen-bond acceptors (Lipinski definition) is 6. The summed E-state index contributed by atoms with van der Waals surface area (Å²) in [6.45, 7) is 9.27. The molecule has 0 N–H and O–H groups in total. The molecule has 0 radical (unpaired) electrons. The summed E-state index contributed by atoms with van der Waals surface area (Å²) < 4.78 is 12.9. The fourth-order valence-corrected chi connectivity index (χ4v) is 4.61. The Hall–Kier alpha value is -3.00. The fraction of sp³-hybridized carbons (Fsp3) is 0.464. The molecule has 7 nitrogen and oxygen atoms in total. The molecule has 0 fully saturated rings. The number of benzene rings is 2. The smallest absolute Gasteiger partial charge is 0.410 e. The number of ether oxygens (including phenoxy) is 2. The summed E-state index contributed by atoms with van der Waals surface area (Å²) in [7, 11) is 0. The molecular formula is C28H37N3O4S. The van der Waals surface area contributed by atoms with Gasteiger partial charge in [0, 0.05) is 18.8 Å². The van der Waals surface area contributed by atoms with E-state index in [2.05, 4.69) is 6.92 Å². The third kappa shape index (κ3) is 8.59. The molecule has 0 atom stereocenters. The fourth-order valence-electron chi connectivity index (χ4n) is 3.67. The van der Waals surface area contributed by atoms with Crippen molar-refractivity contribution in [2.24, 2.45) is 0 Å². The Labute approximate surface area is 218 Å². The number of amides is 1. The molecule has 1 aromatic heterocycles. The molecule has 2 aromatic carbocycles. The number of nitrogens with zero attached hydrogens (tertiary/aromatic N) is 3. The normalized spacial score (nSPS) is 11.4. The van der Waals surface area contributed by atoms with Crippen LogP contribution in [0.2, 0.25) is 0 Å².